The fraction of sp³-hybridized carbons (Fsp3) is 0.438. The molecule has 1 aliphatic rings. The summed E-state index contributed by atoms with van der Waals surface area (Å²) in [4.78, 5) is 5.72. The number of hydrogen-bond acceptors (Lipinski definition) is 3. The van der Waals surface area contributed by atoms with Gasteiger partial charge in [0.15, 0.2) is 0 Å². The summed E-state index contributed by atoms with van der Waals surface area (Å²) in [5, 5.41) is 4.94. The Morgan fingerprint density at radius 1 is 1.32 bits per heavy atom. The van der Waals surface area contributed by atoms with Gasteiger partial charge in [-0.1, -0.05) is 24.3 Å². The van der Waals surface area contributed by atoms with Crippen LogP contribution in [0, 0.1) is 6.92 Å². The maximum absolute atomic E-state index is 4.41. The van der Waals surface area contributed by atoms with Crippen LogP contribution in [0.4, 0.5) is 0 Å². The van der Waals surface area contributed by atoms with Gasteiger partial charge in [0.25, 0.3) is 0 Å². The maximum atomic E-state index is 4.41. The summed E-state index contributed by atoms with van der Waals surface area (Å²) in [6.07, 6.45) is 6.67. The van der Waals surface area contributed by atoms with Crippen LogP contribution in [0.5, 0.6) is 0 Å². The molecule has 0 amide bonds. The Bertz CT molecular complexity index is 547. The van der Waals surface area contributed by atoms with Crippen LogP contribution in [0.2, 0.25) is 0 Å². The molecule has 1 N–H and O–H groups in total. The molecule has 0 saturated heterocycles. The molecule has 1 aromatic heterocycles. The second kappa shape index (κ2) is 5.85. The first kappa shape index (κ1) is 12.8. The normalized spacial score (nSPS) is 18.3. The lowest BCUT2D eigenvalue weighted by Gasteiger charge is -2.25. The molecule has 1 aliphatic carbocycles. The lowest BCUT2D eigenvalue weighted by Crippen LogP contribution is -2.35. The Morgan fingerprint density at radius 3 is 2.95 bits per heavy atom. The van der Waals surface area contributed by atoms with Crippen LogP contribution in [0.3, 0.4) is 0 Å². The Morgan fingerprint density at radius 2 is 2.16 bits per heavy atom. The van der Waals surface area contributed by atoms with Crippen LogP contribution in [-0.2, 0) is 19.3 Å². The summed E-state index contributed by atoms with van der Waals surface area (Å²) in [5.74, 6) is 0. The molecule has 1 atom stereocenters. The van der Waals surface area contributed by atoms with Crippen molar-refractivity contribution in [1.29, 1.82) is 0 Å². The summed E-state index contributed by atoms with van der Waals surface area (Å²) in [6.45, 7) is 3.16. The van der Waals surface area contributed by atoms with Crippen molar-refractivity contribution < 1.29 is 0 Å². The molecule has 0 saturated carbocycles. The second-order valence-electron chi connectivity index (χ2n) is 5.28. The smallest absolute Gasteiger partial charge is 0.0940 e. The first-order chi connectivity index (χ1) is 9.31. The second-order valence-corrected chi connectivity index (χ2v) is 6.60. The highest BCUT2D eigenvalue weighted by Crippen LogP contribution is 2.21. The van der Waals surface area contributed by atoms with E-state index < -0.39 is 0 Å². The monoisotopic (exact) mass is 272 g/mol. The largest absolute Gasteiger partial charge is 0.313 e. The van der Waals surface area contributed by atoms with E-state index in [0.717, 1.165) is 13.0 Å². The van der Waals surface area contributed by atoms with Crippen LogP contribution < -0.4 is 5.32 Å². The predicted octanol–water partition coefficient (Wildman–Crippen LogP) is 3.14. The third-order valence-electron chi connectivity index (χ3n) is 3.79. The Hall–Kier alpha value is -1.19. The van der Waals surface area contributed by atoms with Crippen molar-refractivity contribution in [2.45, 2.75) is 38.6 Å². The Labute approximate surface area is 118 Å². The van der Waals surface area contributed by atoms with Gasteiger partial charge in [-0.3, -0.25) is 0 Å². The van der Waals surface area contributed by atoms with Gasteiger partial charge < -0.3 is 5.32 Å². The Balaban J connectivity index is 1.50. The summed E-state index contributed by atoms with van der Waals surface area (Å²) >= 11 is 1.81. The number of rotatable bonds is 4. The van der Waals surface area contributed by atoms with Crippen molar-refractivity contribution >= 4 is 11.3 Å². The van der Waals surface area contributed by atoms with E-state index in [1.807, 2.05) is 17.5 Å². The summed E-state index contributed by atoms with van der Waals surface area (Å²) < 4.78 is 0. The maximum Gasteiger partial charge on any atom is 0.0940 e. The van der Waals surface area contributed by atoms with Gasteiger partial charge in [0.05, 0.1) is 5.01 Å². The van der Waals surface area contributed by atoms with Crippen LogP contribution in [0.15, 0.2) is 30.5 Å². The lowest BCUT2D eigenvalue weighted by molar-refractivity contribution is 0.461. The van der Waals surface area contributed by atoms with Gasteiger partial charge in [0.1, 0.15) is 0 Å². The number of nitrogens with one attached hydrogen (secondary N) is 1. The van der Waals surface area contributed by atoms with Gasteiger partial charge in [-0.05, 0) is 37.3 Å². The van der Waals surface area contributed by atoms with Gasteiger partial charge in [-0.2, -0.15) is 0 Å². The van der Waals surface area contributed by atoms with E-state index in [9.17, 15) is 0 Å². The summed E-state index contributed by atoms with van der Waals surface area (Å²) in [5.41, 5.74) is 3.06. The quantitative estimate of drug-likeness (QED) is 0.925. The average Bonchev–Trinajstić information content (AvgIpc) is 2.84. The number of aryl methyl sites for hydroxylation is 2. The van der Waals surface area contributed by atoms with Crippen molar-refractivity contribution in [2.75, 3.05) is 6.54 Å². The topological polar surface area (TPSA) is 24.9 Å². The highest BCUT2D eigenvalue weighted by Gasteiger charge is 2.17. The lowest BCUT2D eigenvalue weighted by atomic mass is 9.88. The third-order valence-corrected chi connectivity index (χ3v) is 4.76. The van der Waals surface area contributed by atoms with Crippen molar-refractivity contribution in [3.63, 3.8) is 0 Å². The molecule has 3 rings (SSSR count). The van der Waals surface area contributed by atoms with Crippen molar-refractivity contribution in [3.8, 4) is 0 Å². The van der Waals surface area contributed by atoms with E-state index in [4.69, 9.17) is 0 Å². The number of fused-ring (bicyclic) bond motifs is 1. The first-order valence-corrected chi connectivity index (χ1v) is 7.84. The molecule has 0 spiro atoms. The van der Waals surface area contributed by atoms with E-state index in [2.05, 4.69) is 41.5 Å². The number of thiazole rings is 1. The minimum absolute atomic E-state index is 0.635. The molecule has 0 radical (unpaired) electrons. The van der Waals surface area contributed by atoms with Gasteiger partial charge >= 0.3 is 0 Å². The number of nitrogens with zero attached hydrogens (tertiary/aromatic N) is 1. The molecule has 2 nitrogen and oxygen atoms in total. The standard InChI is InChI=1S/C16H20N2S/c1-12-11-18-16(19-12)8-9-17-15-7-6-13-4-2-3-5-14(13)10-15/h2-5,11,15,17H,6-10H2,1H3/t15-/m1/s1. The minimum atomic E-state index is 0.635. The SMILES string of the molecule is Cc1cnc(CCN[C@@H]2CCc3ccccc3C2)s1. The molecule has 0 bridgehead atoms. The third kappa shape index (κ3) is 3.23. The van der Waals surface area contributed by atoms with E-state index in [1.54, 1.807) is 0 Å². The molecule has 19 heavy (non-hydrogen) atoms. The molecule has 0 fully saturated rings. The molecular formula is C16H20N2S. The fourth-order valence-corrected chi connectivity index (χ4v) is 3.56. The molecule has 3 heteroatoms. The van der Waals surface area contributed by atoms with Crippen LogP contribution >= 0.6 is 11.3 Å². The highest BCUT2D eigenvalue weighted by molar-refractivity contribution is 7.11. The van der Waals surface area contributed by atoms with E-state index in [0.29, 0.717) is 6.04 Å². The number of benzene rings is 1. The zero-order valence-corrected chi connectivity index (χ0v) is 12.2. The van der Waals surface area contributed by atoms with E-state index >= 15 is 0 Å². The van der Waals surface area contributed by atoms with Crippen molar-refractivity contribution in [1.82, 2.24) is 10.3 Å². The fourth-order valence-electron chi connectivity index (χ4n) is 2.77. The van der Waals surface area contributed by atoms with E-state index in [-0.39, 0.29) is 0 Å². The van der Waals surface area contributed by atoms with Crippen molar-refractivity contribution in [2.24, 2.45) is 0 Å². The van der Waals surface area contributed by atoms with Gasteiger partial charge in [0.2, 0.25) is 0 Å². The molecule has 0 unspecified atom stereocenters. The molecule has 1 aromatic carbocycles. The summed E-state index contributed by atoms with van der Waals surface area (Å²) in [6, 6.07) is 9.48. The van der Waals surface area contributed by atoms with Gasteiger partial charge in [-0.15, -0.1) is 11.3 Å². The van der Waals surface area contributed by atoms with Crippen LogP contribution in [-0.4, -0.2) is 17.6 Å². The van der Waals surface area contributed by atoms with E-state index in [1.165, 1.54) is 40.3 Å². The van der Waals surface area contributed by atoms with Crippen LogP contribution in [0.1, 0.15) is 27.4 Å². The first-order valence-electron chi connectivity index (χ1n) is 7.03. The number of hydrogen-bond donors (Lipinski definition) is 1. The number of aromatic nitrogens is 1. The van der Waals surface area contributed by atoms with Gasteiger partial charge in [0, 0.05) is 30.1 Å². The molecule has 100 valence electrons. The average molecular weight is 272 g/mol. The zero-order chi connectivity index (χ0) is 13.1. The van der Waals surface area contributed by atoms with Gasteiger partial charge in [-0.25, -0.2) is 4.98 Å². The van der Waals surface area contributed by atoms with Crippen LogP contribution in [0.25, 0.3) is 0 Å². The zero-order valence-electron chi connectivity index (χ0n) is 11.4. The molecular weight excluding hydrogens is 252 g/mol. The molecule has 0 aliphatic heterocycles. The van der Waals surface area contributed by atoms with Crippen molar-refractivity contribution in [3.05, 3.63) is 51.5 Å². The summed E-state index contributed by atoms with van der Waals surface area (Å²) in [7, 11) is 0. The molecule has 1 heterocycles. The minimum Gasteiger partial charge on any atom is -0.313 e. The predicted molar refractivity (Wildman–Crippen MR) is 80.8 cm³/mol. The molecule has 2 aromatic rings. The highest BCUT2D eigenvalue weighted by atomic mass is 32.1. The Kier molecular flexibility index (Phi) is 3.95.